The Kier molecular flexibility index (Phi) is 17.2. The number of nitrogens with zero attached hydrogens (tertiary/aromatic N) is 3. The fourth-order valence-electron chi connectivity index (χ4n) is 3.75. The highest BCUT2D eigenvalue weighted by molar-refractivity contribution is 7.17. The van der Waals surface area contributed by atoms with Gasteiger partial charge in [-0.2, -0.15) is 0 Å². The molecule has 0 amide bonds. The summed E-state index contributed by atoms with van der Waals surface area (Å²) in [6.45, 7) is 8.73. The van der Waals surface area contributed by atoms with Gasteiger partial charge in [0.05, 0.1) is 25.7 Å². The molecule has 0 spiro atoms. The lowest BCUT2D eigenvalue weighted by Gasteiger charge is -2.30. The summed E-state index contributed by atoms with van der Waals surface area (Å²) in [6.07, 6.45) is 12.9. The highest BCUT2D eigenvalue weighted by Gasteiger charge is 2.22. The van der Waals surface area contributed by atoms with Gasteiger partial charge in [-0.3, -0.25) is 0 Å². The van der Waals surface area contributed by atoms with E-state index in [-0.39, 0.29) is 40.6 Å². The minimum atomic E-state index is -0.448. The van der Waals surface area contributed by atoms with E-state index < -0.39 is 6.10 Å². The lowest BCUT2D eigenvalue weighted by molar-refractivity contribution is -0.896. The number of rotatable bonds is 15. The molecule has 0 aliphatic carbocycles. The van der Waals surface area contributed by atoms with Crippen molar-refractivity contribution in [1.82, 2.24) is 0 Å². The van der Waals surface area contributed by atoms with E-state index >= 15 is 0 Å². The van der Waals surface area contributed by atoms with Gasteiger partial charge in [0, 0.05) is 30.1 Å². The van der Waals surface area contributed by atoms with Gasteiger partial charge in [0.15, 0.2) is 25.0 Å². The van der Waals surface area contributed by atoms with Crippen molar-refractivity contribution in [2.75, 3.05) is 51.8 Å². The van der Waals surface area contributed by atoms with Crippen LogP contribution in [-0.2, 0) is 6.54 Å². The summed E-state index contributed by atoms with van der Waals surface area (Å²) in [6, 6.07) is 8.64. The van der Waals surface area contributed by atoms with Crippen molar-refractivity contribution in [2.45, 2.75) is 52.2 Å². The zero-order chi connectivity index (χ0) is 23.4. The van der Waals surface area contributed by atoms with E-state index in [0.29, 0.717) is 24.1 Å². The third-order valence-electron chi connectivity index (χ3n) is 5.68. The Balaban J connectivity index is 0.00000544. The number of aromatic nitrogens is 1. The smallest absolute Gasteiger partial charge is 0.179 e. The van der Waals surface area contributed by atoms with Crippen LogP contribution in [0.25, 0.3) is 12.2 Å². The second-order valence-electron chi connectivity index (χ2n) is 9.25. The van der Waals surface area contributed by atoms with Crippen LogP contribution in [0.3, 0.4) is 0 Å². The zero-order valence-electron chi connectivity index (χ0n) is 21.2. The number of thiophene rings is 1. The SMILES string of the molecule is CCCCN(CCCC)c1ccc(/C=C/c2cc[n+](CC(O)C[N+](C)(C)CCO)cc2)s1.[Br-].[Br-]. The first kappa shape index (κ1) is 33.2. The van der Waals surface area contributed by atoms with Crippen LogP contribution in [0.2, 0.25) is 0 Å². The molecule has 1 atom stereocenters. The van der Waals surface area contributed by atoms with Crippen molar-refractivity contribution in [3.05, 3.63) is 47.1 Å². The Morgan fingerprint density at radius 3 is 2.18 bits per heavy atom. The van der Waals surface area contributed by atoms with Crippen LogP contribution in [0.15, 0.2) is 36.7 Å². The van der Waals surface area contributed by atoms with E-state index in [2.05, 4.69) is 55.2 Å². The first-order valence-electron chi connectivity index (χ1n) is 12.0. The van der Waals surface area contributed by atoms with Crippen molar-refractivity contribution < 1.29 is 53.2 Å². The third-order valence-corrected chi connectivity index (χ3v) is 6.79. The normalized spacial score (nSPS) is 12.3. The lowest BCUT2D eigenvalue weighted by atomic mass is 10.2. The largest absolute Gasteiger partial charge is 1.00 e. The molecule has 34 heavy (non-hydrogen) atoms. The first-order valence-corrected chi connectivity index (χ1v) is 12.8. The molecule has 0 saturated heterocycles. The summed E-state index contributed by atoms with van der Waals surface area (Å²) in [7, 11) is 4.06. The minimum absolute atomic E-state index is 0. The maximum Gasteiger partial charge on any atom is 0.179 e. The maximum atomic E-state index is 10.4. The quantitative estimate of drug-likeness (QED) is 0.180. The van der Waals surface area contributed by atoms with E-state index in [4.69, 9.17) is 5.11 Å². The summed E-state index contributed by atoms with van der Waals surface area (Å²) in [5.74, 6) is 0. The number of likely N-dealkylation sites (N-methyl/N-ethyl adjacent to an activating group) is 1. The molecular formula is C26H43Br2N3O2S. The van der Waals surface area contributed by atoms with Gasteiger partial charge < -0.3 is 53.6 Å². The first-order chi connectivity index (χ1) is 15.4. The molecule has 0 bridgehead atoms. The molecule has 2 heterocycles. The van der Waals surface area contributed by atoms with Gasteiger partial charge in [0.25, 0.3) is 0 Å². The van der Waals surface area contributed by atoms with Crippen LogP contribution in [-0.4, -0.2) is 67.7 Å². The van der Waals surface area contributed by atoms with Crippen LogP contribution in [0, 0.1) is 0 Å². The Labute approximate surface area is 231 Å². The van der Waals surface area contributed by atoms with Crippen LogP contribution in [0.5, 0.6) is 0 Å². The Morgan fingerprint density at radius 1 is 1.00 bits per heavy atom. The van der Waals surface area contributed by atoms with Crippen molar-refractivity contribution in [1.29, 1.82) is 0 Å². The molecular weight excluding hydrogens is 578 g/mol. The molecule has 2 N–H and O–H groups in total. The molecule has 2 aromatic rings. The standard InChI is InChI=1S/C26H43N3O2S.2BrH/c1-5-7-15-28(16-8-6-2)26-12-11-25(32-26)10-9-23-13-17-27(18-14-23)21-24(31)22-29(3,4)19-20-30;;/h9-14,17-18,24,30-31H,5-8,15-16,19-22H2,1-4H3;2*1H/q+2;;/p-2. The van der Waals surface area contributed by atoms with Gasteiger partial charge in [-0.05, 0) is 36.6 Å². The van der Waals surface area contributed by atoms with E-state index in [1.54, 1.807) is 0 Å². The molecule has 194 valence electrons. The molecule has 0 fully saturated rings. The molecule has 0 aliphatic heterocycles. The summed E-state index contributed by atoms with van der Waals surface area (Å²) in [5.41, 5.74) is 1.15. The molecule has 0 aliphatic rings. The number of hydrogen-bond acceptors (Lipinski definition) is 4. The number of hydrogen-bond donors (Lipinski definition) is 2. The molecule has 2 aromatic heterocycles. The van der Waals surface area contributed by atoms with Gasteiger partial charge in [-0.15, -0.1) is 11.3 Å². The predicted molar refractivity (Wildman–Crippen MR) is 137 cm³/mol. The highest BCUT2D eigenvalue weighted by Crippen LogP contribution is 2.28. The fraction of sp³-hybridized carbons (Fsp3) is 0.577. The number of quaternary nitrogens is 1. The Bertz CT molecular complexity index is 805. The van der Waals surface area contributed by atoms with E-state index in [0.717, 1.165) is 18.7 Å². The van der Waals surface area contributed by atoms with E-state index in [9.17, 15) is 5.11 Å². The molecule has 5 nitrogen and oxygen atoms in total. The van der Waals surface area contributed by atoms with Crippen LogP contribution < -0.4 is 43.4 Å². The topological polar surface area (TPSA) is 47.6 Å². The van der Waals surface area contributed by atoms with Crippen LogP contribution >= 0.6 is 11.3 Å². The summed E-state index contributed by atoms with van der Waals surface area (Å²) >= 11 is 1.86. The lowest BCUT2D eigenvalue weighted by Crippen LogP contribution is -3.00. The Hall–Kier alpha value is -0.770. The second kappa shape index (κ2) is 17.6. The molecule has 0 radical (unpaired) electrons. The number of unbranched alkanes of at least 4 members (excludes halogenated alkanes) is 2. The number of pyridine rings is 1. The number of aliphatic hydroxyl groups is 2. The van der Waals surface area contributed by atoms with Crippen LogP contribution in [0.4, 0.5) is 5.00 Å². The van der Waals surface area contributed by atoms with E-state index in [1.807, 2.05) is 42.4 Å². The second-order valence-corrected chi connectivity index (χ2v) is 10.3. The molecule has 8 heteroatoms. The molecule has 0 saturated carbocycles. The van der Waals surface area contributed by atoms with Crippen molar-refractivity contribution in [2.24, 2.45) is 0 Å². The zero-order valence-corrected chi connectivity index (χ0v) is 25.2. The van der Waals surface area contributed by atoms with Gasteiger partial charge >= 0.3 is 0 Å². The van der Waals surface area contributed by atoms with Gasteiger partial charge in [0.1, 0.15) is 13.1 Å². The third kappa shape index (κ3) is 12.3. The average Bonchev–Trinajstić information content (AvgIpc) is 3.21. The van der Waals surface area contributed by atoms with Gasteiger partial charge in [-0.1, -0.05) is 32.8 Å². The fourth-order valence-corrected chi connectivity index (χ4v) is 4.71. The monoisotopic (exact) mass is 619 g/mol. The molecule has 1 unspecified atom stereocenters. The summed E-state index contributed by atoms with van der Waals surface area (Å²) in [4.78, 5) is 3.81. The molecule has 2 rings (SSSR count). The van der Waals surface area contributed by atoms with Crippen molar-refractivity contribution >= 4 is 28.5 Å². The number of aliphatic hydroxyl groups excluding tert-OH is 2. The summed E-state index contributed by atoms with van der Waals surface area (Å²) < 4.78 is 2.62. The number of halogens is 2. The number of anilines is 1. The van der Waals surface area contributed by atoms with E-state index in [1.165, 1.54) is 35.6 Å². The highest BCUT2D eigenvalue weighted by atomic mass is 79.9. The minimum Gasteiger partial charge on any atom is -1.00 e. The predicted octanol–water partition coefficient (Wildman–Crippen LogP) is -1.95. The van der Waals surface area contributed by atoms with Crippen LogP contribution in [0.1, 0.15) is 50.0 Å². The van der Waals surface area contributed by atoms with Gasteiger partial charge in [0.2, 0.25) is 0 Å². The van der Waals surface area contributed by atoms with Crippen molar-refractivity contribution in [3.8, 4) is 0 Å². The van der Waals surface area contributed by atoms with Crippen molar-refractivity contribution in [3.63, 3.8) is 0 Å². The summed E-state index contributed by atoms with van der Waals surface area (Å²) in [5, 5.41) is 20.9. The maximum absolute atomic E-state index is 10.4. The van der Waals surface area contributed by atoms with Gasteiger partial charge in [-0.25, -0.2) is 4.57 Å². The average molecular weight is 622 g/mol. The Morgan fingerprint density at radius 2 is 1.62 bits per heavy atom. The molecule has 0 aromatic carbocycles.